The fourth-order valence-electron chi connectivity index (χ4n) is 4.52. The van der Waals surface area contributed by atoms with E-state index in [0.29, 0.717) is 6.04 Å². The number of nitrogens with zero attached hydrogens (tertiary/aromatic N) is 2. The van der Waals surface area contributed by atoms with Crippen LogP contribution in [0.3, 0.4) is 0 Å². The van der Waals surface area contributed by atoms with E-state index in [0.717, 1.165) is 32.7 Å². The van der Waals surface area contributed by atoms with E-state index in [1.807, 2.05) is 11.3 Å². The molecule has 1 aliphatic heterocycles. The summed E-state index contributed by atoms with van der Waals surface area (Å²) in [6.07, 6.45) is 0. The molecular weight excluding hydrogens is 350 g/mol. The summed E-state index contributed by atoms with van der Waals surface area (Å²) in [5, 5.41) is 8.43. The van der Waals surface area contributed by atoms with Gasteiger partial charge < -0.3 is 9.88 Å². The van der Waals surface area contributed by atoms with Gasteiger partial charge in [-0.05, 0) is 42.1 Å². The van der Waals surface area contributed by atoms with Crippen LogP contribution < -0.4 is 5.32 Å². The van der Waals surface area contributed by atoms with Gasteiger partial charge in [-0.15, -0.1) is 11.3 Å². The summed E-state index contributed by atoms with van der Waals surface area (Å²) in [7, 11) is 0. The molecule has 4 aromatic rings. The van der Waals surface area contributed by atoms with Gasteiger partial charge in [-0.25, -0.2) is 0 Å². The highest BCUT2D eigenvalue weighted by Crippen LogP contribution is 2.36. The number of para-hydroxylation sites is 1. The molecule has 0 aliphatic carbocycles. The van der Waals surface area contributed by atoms with Gasteiger partial charge in [-0.3, -0.25) is 4.90 Å². The Labute approximate surface area is 164 Å². The molecular formula is C23H25N3S. The number of nitrogens with one attached hydrogen (secondary N) is 1. The van der Waals surface area contributed by atoms with Crippen molar-refractivity contribution in [2.45, 2.75) is 19.5 Å². The maximum Gasteiger partial charge on any atom is 0.0697 e. The van der Waals surface area contributed by atoms with Gasteiger partial charge in [-0.1, -0.05) is 30.3 Å². The molecule has 5 rings (SSSR count). The van der Waals surface area contributed by atoms with E-state index in [9.17, 15) is 0 Å². The molecule has 27 heavy (non-hydrogen) atoms. The molecule has 1 saturated heterocycles. The third kappa shape index (κ3) is 2.89. The van der Waals surface area contributed by atoms with Gasteiger partial charge in [0.15, 0.2) is 0 Å². The molecule has 1 N–H and O–H groups in total. The molecule has 1 aliphatic rings. The maximum absolute atomic E-state index is 3.49. The van der Waals surface area contributed by atoms with E-state index < -0.39 is 0 Å². The molecule has 0 amide bonds. The van der Waals surface area contributed by atoms with Crippen molar-refractivity contribution >= 4 is 33.1 Å². The Balaban J connectivity index is 1.69. The second kappa shape index (κ2) is 7.12. The largest absolute Gasteiger partial charge is 0.341 e. The Morgan fingerprint density at radius 3 is 2.56 bits per heavy atom. The zero-order valence-electron chi connectivity index (χ0n) is 15.7. The lowest BCUT2D eigenvalue weighted by atomic mass is 10.00. The molecule has 3 heterocycles. The quantitative estimate of drug-likeness (QED) is 0.549. The molecule has 0 unspecified atom stereocenters. The summed E-state index contributed by atoms with van der Waals surface area (Å²) < 4.78 is 2.43. The second-order valence-corrected chi connectivity index (χ2v) is 8.22. The van der Waals surface area contributed by atoms with Gasteiger partial charge in [0.05, 0.1) is 6.04 Å². The topological polar surface area (TPSA) is 20.2 Å². The highest BCUT2D eigenvalue weighted by Gasteiger charge is 2.25. The lowest BCUT2D eigenvalue weighted by Gasteiger charge is -2.34. The van der Waals surface area contributed by atoms with Crippen LogP contribution in [0.15, 0.2) is 60.0 Å². The summed E-state index contributed by atoms with van der Waals surface area (Å²) in [5.41, 5.74) is 4.08. The summed E-state index contributed by atoms with van der Waals surface area (Å²) in [6.45, 7) is 7.55. The third-order valence-corrected chi connectivity index (χ3v) is 6.68. The first-order valence-electron chi connectivity index (χ1n) is 9.86. The first kappa shape index (κ1) is 17.0. The minimum atomic E-state index is 0.347. The number of thiophene rings is 1. The van der Waals surface area contributed by atoms with Crippen LogP contribution in [0.4, 0.5) is 0 Å². The normalized spacial score (nSPS) is 16.9. The third-order valence-electron chi connectivity index (χ3n) is 5.76. The van der Waals surface area contributed by atoms with Crippen LogP contribution in [0, 0.1) is 0 Å². The number of aryl methyl sites for hydroxylation is 1. The zero-order chi connectivity index (χ0) is 18.2. The summed E-state index contributed by atoms with van der Waals surface area (Å²) in [5.74, 6) is 0. The molecule has 0 bridgehead atoms. The number of fused-ring (bicyclic) bond motifs is 3. The van der Waals surface area contributed by atoms with Crippen molar-refractivity contribution in [3.8, 4) is 0 Å². The minimum absolute atomic E-state index is 0.347. The van der Waals surface area contributed by atoms with Crippen LogP contribution in [-0.2, 0) is 6.54 Å². The van der Waals surface area contributed by atoms with E-state index >= 15 is 0 Å². The van der Waals surface area contributed by atoms with Crippen molar-refractivity contribution in [1.82, 2.24) is 14.8 Å². The molecule has 2 aromatic heterocycles. The van der Waals surface area contributed by atoms with Crippen molar-refractivity contribution in [2.24, 2.45) is 0 Å². The van der Waals surface area contributed by atoms with Gasteiger partial charge in [0, 0.05) is 59.4 Å². The zero-order valence-corrected chi connectivity index (χ0v) is 16.5. The Bertz CT molecular complexity index is 1060. The number of benzene rings is 2. The fourth-order valence-corrected chi connectivity index (χ4v) is 5.41. The minimum Gasteiger partial charge on any atom is -0.341 e. The van der Waals surface area contributed by atoms with Crippen LogP contribution >= 0.6 is 11.3 Å². The van der Waals surface area contributed by atoms with E-state index in [2.05, 4.69) is 81.7 Å². The van der Waals surface area contributed by atoms with Gasteiger partial charge in [-0.2, -0.15) is 0 Å². The number of aromatic nitrogens is 1. The lowest BCUT2D eigenvalue weighted by Crippen LogP contribution is -2.45. The maximum atomic E-state index is 3.49. The standard InChI is InChI=1S/C23H25N3S/c1-2-26-20-7-4-3-6-18(20)19-16-17(9-10-21(19)26)23(22-8-5-15-27-22)25-13-11-24-12-14-25/h3-10,15-16,23-24H,2,11-14H2,1H3/t23-/m0/s1. The first-order chi connectivity index (χ1) is 13.4. The predicted octanol–water partition coefficient (Wildman–Crippen LogP) is 4.87. The van der Waals surface area contributed by atoms with Gasteiger partial charge in [0.1, 0.15) is 0 Å². The van der Waals surface area contributed by atoms with Crippen LogP contribution in [0.5, 0.6) is 0 Å². The van der Waals surface area contributed by atoms with E-state index in [1.54, 1.807) is 0 Å². The van der Waals surface area contributed by atoms with E-state index in [-0.39, 0.29) is 0 Å². The summed E-state index contributed by atoms with van der Waals surface area (Å²) in [4.78, 5) is 4.07. The number of piperazine rings is 1. The number of hydrogen-bond acceptors (Lipinski definition) is 3. The monoisotopic (exact) mass is 375 g/mol. The predicted molar refractivity (Wildman–Crippen MR) is 116 cm³/mol. The Morgan fingerprint density at radius 1 is 0.963 bits per heavy atom. The van der Waals surface area contributed by atoms with Crippen molar-refractivity contribution < 1.29 is 0 Å². The van der Waals surface area contributed by atoms with E-state index in [4.69, 9.17) is 0 Å². The molecule has 1 atom stereocenters. The second-order valence-electron chi connectivity index (χ2n) is 7.24. The highest BCUT2D eigenvalue weighted by molar-refractivity contribution is 7.10. The number of hydrogen-bond donors (Lipinski definition) is 1. The Kier molecular flexibility index (Phi) is 4.48. The molecule has 1 fully saturated rings. The molecule has 138 valence electrons. The fraction of sp³-hybridized carbons (Fsp3) is 0.304. The van der Waals surface area contributed by atoms with Gasteiger partial charge >= 0.3 is 0 Å². The van der Waals surface area contributed by atoms with Crippen molar-refractivity contribution in [1.29, 1.82) is 0 Å². The van der Waals surface area contributed by atoms with Crippen LogP contribution in [0.25, 0.3) is 21.8 Å². The van der Waals surface area contributed by atoms with Crippen molar-refractivity contribution in [3.05, 3.63) is 70.4 Å². The van der Waals surface area contributed by atoms with Crippen LogP contribution in [-0.4, -0.2) is 35.6 Å². The number of rotatable bonds is 4. The van der Waals surface area contributed by atoms with Crippen molar-refractivity contribution in [3.63, 3.8) is 0 Å². The average Bonchev–Trinajstić information content (AvgIpc) is 3.35. The Morgan fingerprint density at radius 2 is 1.78 bits per heavy atom. The van der Waals surface area contributed by atoms with E-state index in [1.165, 1.54) is 32.2 Å². The highest BCUT2D eigenvalue weighted by atomic mass is 32.1. The smallest absolute Gasteiger partial charge is 0.0697 e. The van der Waals surface area contributed by atoms with Crippen molar-refractivity contribution in [2.75, 3.05) is 26.2 Å². The first-order valence-corrected chi connectivity index (χ1v) is 10.7. The summed E-state index contributed by atoms with van der Waals surface area (Å²) in [6, 6.07) is 20.7. The molecule has 0 radical (unpaired) electrons. The lowest BCUT2D eigenvalue weighted by molar-refractivity contribution is 0.201. The molecule has 0 saturated carbocycles. The molecule has 3 nitrogen and oxygen atoms in total. The average molecular weight is 376 g/mol. The SMILES string of the molecule is CCn1c2ccccc2c2cc([C@@H](c3cccs3)N3CCNCC3)ccc21. The molecule has 2 aromatic carbocycles. The van der Waals surface area contributed by atoms with Gasteiger partial charge in [0.2, 0.25) is 0 Å². The molecule has 0 spiro atoms. The molecule has 4 heteroatoms. The Hall–Kier alpha value is -2.14. The van der Waals surface area contributed by atoms with Crippen LogP contribution in [0.2, 0.25) is 0 Å². The summed E-state index contributed by atoms with van der Waals surface area (Å²) >= 11 is 1.87. The van der Waals surface area contributed by atoms with Crippen LogP contribution in [0.1, 0.15) is 23.4 Å². The van der Waals surface area contributed by atoms with Gasteiger partial charge in [0.25, 0.3) is 0 Å².